The number of carbonyl (C=O) groups excluding carboxylic acids is 1. The maximum absolute atomic E-state index is 11.5. The van der Waals surface area contributed by atoms with E-state index in [1.165, 1.54) is 0 Å². The summed E-state index contributed by atoms with van der Waals surface area (Å²) < 4.78 is 0. The lowest BCUT2D eigenvalue weighted by atomic mass is 9.91. The number of rotatable bonds is 2. The third kappa shape index (κ3) is 2.41. The summed E-state index contributed by atoms with van der Waals surface area (Å²) in [6.07, 6.45) is 2.54. The molecule has 86 valence electrons. The number of carbonyl (C=O) groups is 1. The number of ketones is 1. The first-order chi connectivity index (χ1) is 7.58. The highest BCUT2D eigenvalue weighted by atomic mass is 35.5. The molecule has 0 saturated heterocycles. The number of Topliss-reactive ketones (excluding diaryl/α,β-unsaturated/α-hetero) is 1. The molecule has 2 atom stereocenters. The molecule has 1 nitrogen and oxygen atoms in total. The fraction of sp³-hybridized carbons (Fsp3) is 0.462. The maximum atomic E-state index is 11.5. The zero-order valence-electron chi connectivity index (χ0n) is 9.17. The summed E-state index contributed by atoms with van der Waals surface area (Å²) >= 11 is 12.1. The van der Waals surface area contributed by atoms with E-state index in [2.05, 4.69) is 0 Å². The number of hydrogen-bond acceptors (Lipinski definition) is 1. The van der Waals surface area contributed by atoms with Gasteiger partial charge in [-0.05, 0) is 42.5 Å². The maximum Gasteiger partial charge on any atom is 0.135 e. The van der Waals surface area contributed by atoms with E-state index in [-0.39, 0.29) is 5.92 Å². The van der Waals surface area contributed by atoms with Gasteiger partial charge in [0.2, 0.25) is 0 Å². The third-order valence-corrected chi connectivity index (χ3v) is 4.07. The van der Waals surface area contributed by atoms with Crippen LogP contribution in [-0.2, 0) is 11.2 Å². The van der Waals surface area contributed by atoms with Crippen LogP contribution in [0.25, 0.3) is 0 Å². The van der Waals surface area contributed by atoms with E-state index in [1.54, 1.807) is 6.07 Å². The Hall–Kier alpha value is -0.530. The number of halogens is 2. The first-order valence-corrected chi connectivity index (χ1v) is 6.30. The zero-order valence-corrected chi connectivity index (χ0v) is 10.7. The molecule has 3 heteroatoms. The van der Waals surface area contributed by atoms with Crippen LogP contribution in [0.15, 0.2) is 18.2 Å². The van der Waals surface area contributed by atoms with Crippen molar-refractivity contribution in [3.63, 3.8) is 0 Å². The summed E-state index contributed by atoms with van der Waals surface area (Å²) in [6, 6.07) is 5.51. The van der Waals surface area contributed by atoms with E-state index in [1.807, 2.05) is 19.1 Å². The van der Waals surface area contributed by atoms with Gasteiger partial charge in [0, 0.05) is 22.4 Å². The minimum absolute atomic E-state index is 0.162. The van der Waals surface area contributed by atoms with E-state index >= 15 is 0 Å². The molecule has 16 heavy (non-hydrogen) atoms. The van der Waals surface area contributed by atoms with Crippen molar-refractivity contribution in [2.75, 3.05) is 0 Å². The normalized spacial score (nSPS) is 25.1. The largest absolute Gasteiger partial charge is 0.299 e. The van der Waals surface area contributed by atoms with Crippen LogP contribution in [0, 0.1) is 11.8 Å². The first-order valence-electron chi connectivity index (χ1n) is 5.54. The number of benzene rings is 1. The Labute approximate surface area is 106 Å². The third-order valence-electron chi connectivity index (χ3n) is 3.47. The molecule has 0 amide bonds. The van der Waals surface area contributed by atoms with Crippen LogP contribution in [0.4, 0.5) is 0 Å². The van der Waals surface area contributed by atoms with Crippen LogP contribution in [0.1, 0.15) is 25.3 Å². The fourth-order valence-corrected chi connectivity index (χ4v) is 2.72. The summed E-state index contributed by atoms with van der Waals surface area (Å²) in [5.41, 5.74) is 1.06. The average Bonchev–Trinajstić information content (AvgIpc) is 2.55. The molecule has 0 aliphatic heterocycles. The van der Waals surface area contributed by atoms with Crippen molar-refractivity contribution in [2.45, 2.75) is 26.2 Å². The second kappa shape index (κ2) is 4.77. The van der Waals surface area contributed by atoms with E-state index < -0.39 is 0 Å². The van der Waals surface area contributed by atoms with Crippen molar-refractivity contribution in [3.05, 3.63) is 33.8 Å². The molecule has 0 radical (unpaired) electrons. The minimum atomic E-state index is 0.162. The first kappa shape index (κ1) is 11.9. The van der Waals surface area contributed by atoms with E-state index in [4.69, 9.17) is 23.2 Å². The van der Waals surface area contributed by atoms with Gasteiger partial charge in [0.15, 0.2) is 0 Å². The summed E-state index contributed by atoms with van der Waals surface area (Å²) in [5, 5.41) is 1.45. The van der Waals surface area contributed by atoms with Crippen LogP contribution < -0.4 is 0 Å². The summed E-state index contributed by atoms with van der Waals surface area (Å²) in [5.74, 6) is 0.960. The second-order valence-electron chi connectivity index (χ2n) is 4.49. The Balaban J connectivity index is 2.15. The van der Waals surface area contributed by atoms with E-state index in [0.717, 1.165) is 23.4 Å². The van der Waals surface area contributed by atoms with Gasteiger partial charge in [-0.2, -0.15) is 0 Å². The van der Waals surface area contributed by atoms with E-state index in [9.17, 15) is 4.79 Å². The Morgan fingerprint density at radius 2 is 2.12 bits per heavy atom. The minimum Gasteiger partial charge on any atom is -0.299 e. The van der Waals surface area contributed by atoms with Crippen molar-refractivity contribution in [3.8, 4) is 0 Å². The zero-order chi connectivity index (χ0) is 11.7. The quantitative estimate of drug-likeness (QED) is 0.777. The lowest BCUT2D eigenvalue weighted by molar-refractivity contribution is -0.120. The summed E-state index contributed by atoms with van der Waals surface area (Å²) in [4.78, 5) is 11.5. The predicted octanol–water partition coefficient (Wildman–Crippen LogP) is 4.15. The van der Waals surface area contributed by atoms with Crippen molar-refractivity contribution in [1.29, 1.82) is 0 Å². The molecule has 1 fully saturated rings. The van der Waals surface area contributed by atoms with Crippen LogP contribution in [-0.4, -0.2) is 5.78 Å². The van der Waals surface area contributed by atoms with Crippen molar-refractivity contribution in [1.82, 2.24) is 0 Å². The average molecular weight is 257 g/mol. The molecule has 1 aromatic carbocycles. The van der Waals surface area contributed by atoms with Gasteiger partial charge in [0.1, 0.15) is 5.78 Å². The smallest absolute Gasteiger partial charge is 0.135 e. The molecular weight excluding hydrogens is 243 g/mol. The Morgan fingerprint density at radius 3 is 2.75 bits per heavy atom. The predicted molar refractivity (Wildman–Crippen MR) is 67.1 cm³/mol. The highest BCUT2D eigenvalue weighted by molar-refractivity contribution is 6.33. The number of hydrogen-bond donors (Lipinski definition) is 0. The van der Waals surface area contributed by atoms with Crippen molar-refractivity contribution >= 4 is 29.0 Å². The Kier molecular flexibility index (Phi) is 3.56. The molecule has 1 aliphatic rings. The van der Waals surface area contributed by atoms with Crippen molar-refractivity contribution < 1.29 is 4.79 Å². The van der Waals surface area contributed by atoms with Gasteiger partial charge in [0.05, 0.1) is 0 Å². The molecule has 0 aromatic heterocycles. The van der Waals surface area contributed by atoms with Crippen molar-refractivity contribution in [2.24, 2.45) is 11.8 Å². The Morgan fingerprint density at radius 1 is 1.38 bits per heavy atom. The van der Waals surface area contributed by atoms with Gasteiger partial charge in [-0.25, -0.2) is 0 Å². The SMILES string of the molecule is CC1C(=O)CCC1Cc1cc(Cl)ccc1Cl. The molecule has 2 unspecified atom stereocenters. The Bertz CT molecular complexity index is 414. The molecule has 1 aromatic rings. The van der Waals surface area contributed by atoms with Gasteiger partial charge < -0.3 is 0 Å². The molecule has 0 N–H and O–H groups in total. The molecule has 0 bridgehead atoms. The second-order valence-corrected chi connectivity index (χ2v) is 5.34. The fourth-order valence-electron chi connectivity index (χ4n) is 2.33. The molecule has 0 heterocycles. The van der Waals surface area contributed by atoms with Gasteiger partial charge in [-0.3, -0.25) is 4.79 Å². The summed E-state index contributed by atoms with van der Waals surface area (Å²) in [7, 11) is 0. The summed E-state index contributed by atoms with van der Waals surface area (Å²) in [6.45, 7) is 2.01. The highest BCUT2D eigenvalue weighted by Crippen LogP contribution is 2.33. The van der Waals surface area contributed by atoms with Crippen LogP contribution >= 0.6 is 23.2 Å². The molecule has 1 aliphatic carbocycles. The van der Waals surface area contributed by atoms with Crippen LogP contribution in [0.2, 0.25) is 10.0 Å². The molecular formula is C13H14Cl2O. The van der Waals surface area contributed by atoms with Gasteiger partial charge in [-0.1, -0.05) is 30.1 Å². The van der Waals surface area contributed by atoms with Crippen LogP contribution in [0.3, 0.4) is 0 Å². The van der Waals surface area contributed by atoms with Gasteiger partial charge in [-0.15, -0.1) is 0 Å². The molecule has 0 spiro atoms. The topological polar surface area (TPSA) is 17.1 Å². The monoisotopic (exact) mass is 256 g/mol. The van der Waals surface area contributed by atoms with Gasteiger partial charge >= 0.3 is 0 Å². The highest BCUT2D eigenvalue weighted by Gasteiger charge is 2.31. The van der Waals surface area contributed by atoms with E-state index in [0.29, 0.717) is 23.1 Å². The molecule has 1 saturated carbocycles. The lowest BCUT2D eigenvalue weighted by Gasteiger charge is -2.15. The van der Waals surface area contributed by atoms with Gasteiger partial charge in [0.25, 0.3) is 0 Å². The molecule has 2 rings (SSSR count). The van der Waals surface area contributed by atoms with Crippen LogP contribution in [0.5, 0.6) is 0 Å². The lowest BCUT2D eigenvalue weighted by Crippen LogP contribution is -2.13. The standard InChI is InChI=1S/C13H14Cl2O/c1-8-9(2-5-13(8)16)6-10-7-11(14)3-4-12(10)15/h3-4,7-9H,2,5-6H2,1H3.